The maximum absolute atomic E-state index is 12.9. The zero-order chi connectivity index (χ0) is 22.6. The van der Waals surface area contributed by atoms with Crippen molar-refractivity contribution in [2.24, 2.45) is 5.10 Å². The van der Waals surface area contributed by atoms with Gasteiger partial charge in [0.2, 0.25) is 0 Å². The van der Waals surface area contributed by atoms with E-state index in [0.29, 0.717) is 10.8 Å². The van der Waals surface area contributed by atoms with Crippen LogP contribution in [0.4, 0.5) is 13.2 Å². The first-order valence-corrected chi connectivity index (χ1v) is 9.50. The van der Waals surface area contributed by atoms with Gasteiger partial charge in [0.05, 0.1) is 11.8 Å². The number of nitrogens with zero attached hydrogens (tertiary/aromatic N) is 1. The maximum Gasteiger partial charge on any atom is 0.416 e. The van der Waals surface area contributed by atoms with Gasteiger partial charge in [-0.1, -0.05) is 23.7 Å². The molecular weight excluding hydrogens is 433 g/mol. The molecule has 3 rings (SSSR count). The lowest BCUT2D eigenvalue weighted by Crippen LogP contribution is -2.24. The van der Waals surface area contributed by atoms with E-state index in [9.17, 15) is 18.0 Å². The normalized spacial score (nSPS) is 11.7. The second kappa shape index (κ2) is 9.26. The number of benzene rings is 2. The molecule has 0 atom stereocenters. The van der Waals surface area contributed by atoms with Crippen molar-refractivity contribution < 1.29 is 27.1 Å². The molecule has 1 aromatic heterocycles. The van der Waals surface area contributed by atoms with E-state index in [2.05, 4.69) is 10.5 Å². The summed E-state index contributed by atoms with van der Waals surface area (Å²) in [5.41, 5.74) is 3.48. The van der Waals surface area contributed by atoms with Crippen LogP contribution in [0.1, 0.15) is 22.5 Å². The van der Waals surface area contributed by atoms with Crippen LogP contribution in [0.15, 0.2) is 58.0 Å². The highest BCUT2D eigenvalue weighted by Crippen LogP contribution is 2.32. The average Bonchev–Trinajstić information content (AvgIpc) is 3.19. The summed E-state index contributed by atoms with van der Waals surface area (Å²) in [5.74, 6) is 0.523. The Kier molecular flexibility index (Phi) is 6.70. The maximum atomic E-state index is 12.9. The number of carbonyl (C=O) groups is 1. The van der Waals surface area contributed by atoms with Crippen molar-refractivity contribution in [1.29, 1.82) is 0 Å². The van der Waals surface area contributed by atoms with Gasteiger partial charge in [0.15, 0.2) is 6.61 Å². The summed E-state index contributed by atoms with van der Waals surface area (Å²) in [6.07, 6.45) is -3.20. The summed E-state index contributed by atoms with van der Waals surface area (Å²) in [6.45, 7) is 3.42. The van der Waals surface area contributed by atoms with Gasteiger partial charge < -0.3 is 9.15 Å². The van der Waals surface area contributed by atoms with Crippen LogP contribution in [0.3, 0.4) is 0 Å². The zero-order valence-corrected chi connectivity index (χ0v) is 17.3. The minimum Gasteiger partial charge on any atom is -0.484 e. The van der Waals surface area contributed by atoms with E-state index in [4.69, 9.17) is 20.8 Å². The van der Waals surface area contributed by atoms with E-state index in [1.165, 1.54) is 30.5 Å². The van der Waals surface area contributed by atoms with Gasteiger partial charge in [-0.2, -0.15) is 18.3 Å². The van der Waals surface area contributed by atoms with E-state index in [0.717, 1.165) is 23.3 Å². The van der Waals surface area contributed by atoms with Gasteiger partial charge in [-0.15, -0.1) is 0 Å². The number of carbonyl (C=O) groups excluding carboxylic acids is 1. The van der Waals surface area contributed by atoms with E-state index >= 15 is 0 Å². The first-order chi connectivity index (χ1) is 14.6. The van der Waals surface area contributed by atoms with Crippen LogP contribution < -0.4 is 10.2 Å². The molecule has 2 aromatic carbocycles. The van der Waals surface area contributed by atoms with Gasteiger partial charge >= 0.3 is 6.18 Å². The third kappa shape index (κ3) is 5.88. The highest BCUT2D eigenvalue weighted by Gasteiger charge is 2.30. The molecule has 1 N–H and O–H groups in total. The number of halogens is 4. The number of rotatable bonds is 6. The third-order valence-corrected chi connectivity index (χ3v) is 4.86. The van der Waals surface area contributed by atoms with Gasteiger partial charge in [0, 0.05) is 10.6 Å². The van der Waals surface area contributed by atoms with Crippen LogP contribution >= 0.6 is 11.6 Å². The lowest BCUT2D eigenvalue weighted by atomic mass is 10.1. The number of alkyl halides is 3. The SMILES string of the molecule is Cc1cc(OCC(=O)N/N=C/c2ccc(-c3cccc(C(F)(F)F)c3)o2)cc(C)c1Cl. The van der Waals surface area contributed by atoms with Crippen LogP contribution in [0.25, 0.3) is 11.3 Å². The van der Waals surface area contributed by atoms with Crippen molar-refractivity contribution in [3.63, 3.8) is 0 Å². The Morgan fingerprint density at radius 3 is 2.55 bits per heavy atom. The average molecular weight is 451 g/mol. The molecule has 162 valence electrons. The molecule has 0 unspecified atom stereocenters. The van der Waals surface area contributed by atoms with Gasteiger partial charge in [-0.25, -0.2) is 5.43 Å². The molecule has 5 nitrogen and oxygen atoms in total. The number of hydrogen-bond donors (Lipinski definition) is 1. The van der Waals surface area contributed by atoms with E-state index in [1.807, 2.05) is 13.8 Å². The quantitative estimate of drug-likeness (QED) is 0.383. The summed E-state index contributed by atoms with van der Waals surface area (Å²) in [5, 5.41) is 4.41. The molecule has 0 fully saturated rings. The minimum atomic E-state index is -4.44. The summed E-state index contributed by atoms with van der Waals surface area (Å²) in [6, 6.07) is 11.3. The molecular formula is C22H18ClF3N2O3. The highest BCUT2D eigenvalue weighted by atomic mass is 35.5. The Balaban J connectivity index is 1.56. The number of hydrazone groups is 1. The summed E-state index contributed by atoms with van der Waals surface area (Å²) >= 11 is 6.09. The second-order valence-corrected chi connectivity index (χ2v) is 7.11. The topological polar surface area (TPSA) is 63.8 Å². The van der Waals surface area contributed by atoms with Gasteiger partial charge in [-0.3, -0.25) is 4.79 Å². The van der Waals surface area contributed by atoms with Crippen molar-refractivity contribution in [3.05, 3.63) is 76.0 Å². The smallest absolute Gasteiger partial charge is 0.416 e. The first kappa shape index (κ1) is 22.4. The lowest BCUT2D eigenvalue weighted by Gasteiger charge is -2.09. The summed E-state index contributed by atoms with van der Waals surface area (Å²) in [7, 11) is 0. The molecule has 1 heterocycles. The Morgan fingerprint density at radius 1 is 1.16 bits per heavy atom. The molecule has 31 heavy (non-hydrogen) atoms. The van der Waals surface area contributed by atoms with E-state index < -0.39 is 17.6 Å². The van der Waals surface area contributed by atoms with Gasteiger partial charge in [0.25, 0.3) is 5.91 Å². The van der Waals surface area contributed by atoms with Crippen molar-refractivity contribution >= 4 is 23.7 Å². The molecule has 0 radical (unpaired) electrons. The number of hydrogen-bond acceptors (Lipinski definition) is 4. The number of ether oxygens (including phenoxy) is 1. The van der Waals surface area contributed by atoms with Crippen LogP contribution in [-0.4, -0.2) is 18.7 Å². The summed E-state index contributed by atoms with van der Waals surface area (Å²) in [4.78, 5) is 11.9. The number of furan rings is 1. The Morgan fingerprint density at radius 2 is 1.87 bits per heavy atom. The number of nitrogens with one attached hydrogen (secondary N) is 1. The fourth-order valence-electron chi connectivity index (χ4n) is 2.76. The van der Waals surface area contributed by atoms with Crippen molar-refractivity contribution in [3.8, 4) is 17.1 Å². The number of aryl methyl sites for hydroxylation is 2. The zero-order valence-electron chi connectivity index (χ0n) is 16.6. The molecule has 1 amide bonds. The molecule has 0 aliphatic heterocycles. The standard InChI is InChI=1S/C22H18ClF3N2O3/c1-13-8-18(9-14(2)21(13)23)30-12-20(29)28-27-11-17-6-7-19(31-17)15-4-3-5-16(10-15)22(24,25)26/h3-11H,12H2,1-2H3,(H,28,29)/b27-11+. The Bertz CT molecular complexity index is 1100. The molecule has 0 saturated heterocycles. The molecule has 0 saturated carbocycles. The van der Waals surface area contributed by atoms with Crippen molar-refractivity contribution in [1.82, 2.24) is 5.43 Å². The van der Waals surface area contributed by atoms with Crippen LogP contribution in [0.2, 0.25) is 5.02 Å². The van der Waals surface area contributed by atoms with E-state index in [1.54, 1.807) is 12.1 Å². The fraction of sp³-hybridized carbons (Fsp3) is 0.182. The molecule has 3 aromatic rings. The van der Waals surface area contributed by atoms with Gasteiger partial charge in [0.1, 0.15) is 17.3 Å². The largest absolute Gasteiger partial charge is 0.484 e. The molecule has 9 heteroatoms. The van der Waals surface area contributed by atoms with Gasteiger partial charge in [-0.05, 0) is 61.4 Å². The van der Waals surface area contributed by atoms with Crippen LogP contribution in [0, 0.1) is 13.8 Å². The van der Waals surface area contributed by atoms with Crippen LogP contribution in [0.5, 0.6) is 5.75 Å². The summed E-state index contributed by atoms with van der Waals surface area (Å²) < 4.78 is 49.5. The number of amides is 1. The molecule has 0 spiro atoms. The third-order valence-electron chi connectivity index (χ3n) is 4.26. The highest BCUT2D eigenvalue weighted by molar-refractivity contribution is 6.32. The lowest BCUT2D eigenvalue weighted by molar-refractivity contribution is -0.137. The second-order valence-electron chi connectivity index (χ2n) is 6.73. The molecule has 0 aliphatic rings. The molecule has 0 bridgehead atoms. The van der Waals surface area contributed by atoms with Crippen molar-refractivity contribution in [2.45, 2.75) is 20.0 Å². The van der Waals surface area contributed by atoms with Crippen LogP contribution in [-0.2, 0) is 11.0 Å². The predicted molar refractivity (Wildman–Crippen MR) is 111 cm³/mol. The monoisotopic (exact) mass is 450 g/mol. The first-order valence-electron chi connectivity index (χ1n) is 9.12. The Labute approximate surface area is 181 Å². The predicted octanol–water partition coefficient (Wildman–Crippen LogP) is 5.76. The minimum absolute atomic E-state index is 0.246. The van der Waals surface area contributed by atoms with E-state index in [-0.39, 0.29) is 23.7 Å². The van der Waals surface area contributed by atoms with Crippen molar-refractivity contribution in [2.75, 3.05) is 6.61 Å². The Hall–Kier alpha value is -3.26. The molecule has 0 aliphatic carbocycles. The fourth-order valence-corrected chi connectivity index (χ4v) is 2.87.